The molecular weight excluding hydrogens is 277 g/mol. The van der Waals surface area contributed by atoms with E-state index in [-0.39, 0.29) is 12.4 Å². The van der Waals surface area contributed by atoms with E-state index in [2.05, 4.69) is 4.72 Å². The Morgan fingerprint density at radius 2 is 2.15 bits per heavy atom. The van der Waals surface area contributed by atoms with E-state index >= 15 is 0 Å². The van der Waals surface area contributed by atoms with Crippen molar-refractivity contribution in [2.45, 2.75) is 45.6 Å². The molecule has 0 aliphatic heterocycles. The first-order valence-corrected chi connectivity index (χ1v) is 8.29. The summed E-state index contributed by atoms with van der Waals surface area (Å²) in [5, 5.41) is 9.25. The zero-order valence-corrected chi connectivity index (χ0v) is 13.2. The smallest absolute Gasteiger partial charge is 0.131 e. The number of aliphatic hydroxyl groups excluding tert-OH is 1. The average Bonchev–Trinajstić information content (AvgIpc) is 2.39. The Labute approximate surface area is 123 Å². The van der Waals surface area contributed by atoms with Crippen LogP contribution in [0.25, 0.3) is 0 Å². The highest BCUT2D eigenvalue weighted by molar-refractivity contribution is 7.89. The van der Waals surface area contributed by atoms with Gasteiger partial charge in [0, 0.05) is 23.5 Å². The largest absolute Gasteiger partial charge is 0.598 e. The molecule has 1 aromatic carbocycles. The molecule has 0 heterocycles. The number of nitrogens with one attached hydrogen (secondary N) is 1. The fourth-order valence-electron chi connectivity index (χ4n) is 2.12. The van der Waals surface area contributed by atoms with Crippen molar-refractivity contribution >= 4 is 11.4 Å². The van der Waals surface area contributed by atoms with E-state index in [1.165, 1.54) is 0 Å². The number of aliphatic hydroxyl groups is 1. The molecule has 114 valence electrons. The summed E-state index contributed by atoms with van der Waals surface area (Å²) in [4.78, 5) is 0. The highest BCUT2D eigenvalue weighted by Crippen LogP contribution is 2.29. The normalized spacial score (nSPS) is 15.9. The van der Waals surface area contributed by atoms with Crippen LogP contribution in [-0.4, -0.2) is 22.0 Å². The van der Waals surface area contributed by atoms with Crippen molar-refractivity contribution < 1.29 is 14.0 Å². The predicted molar refractivity (Wildman–Crippen MR) is 81.2 cm³/mol. The summed E-state index contributed by atoms with van der Waals surface area (Å²) in [6.07, 6.45) is 2.12. The van der Waals surface area contributed by atoms with E-state index in [0.717, 1.165) is 12.8 Å². The van der Waals surface area contributed by atoms with Crippen LogP contribution >= 0.6 is 0 Å². The Morgan fingerprint density at radius 3 is 2.75 bits per heavy atom. The third kappa shape index (κ3) is 4.45. The van der Waals surface area contributed by atoms with Crippen molar-refractivity contribution in [3.05, 3.63) is 35.1 Å². The summed E-state index contributed by atoms with van der Waals surface area (Å²) in [6, 6.07) is 5.16. The Kier molecular flexibility index (Phi) is 6.95. The van der Waals surface area contributed by atoms with Gasteiger partial charge in [0.2, 0.25) is 0 Å². The molecule has 3 nitrogen and oxygen atoms in total. The van der Waals surface area contributed by atoms with Gasteiger partial charge in [-0.2, -0.15) is 0 Å². The van der Waals surface area contributed by atoms with E-state index in [0.29, 0.717) is 23.3 Å². The number of unbranched alkanes of at least 4 members (excludes halogenated alkanes) is 1. The summed E-state index contributed by atoms with van der Waals surface area (Å²) in [5.41, 5.74) is 0.174. The van der Waals surface area contributed by atoms with Crippen molar-refractivity contribution in [3.8, 4) is 0 Å². The molecule has 0 fully saturated rings. The van der Waals surface area contributed by atoms with Crippen molar-refractivity contribution in [1.29, 1.82) is 0 Å². The first kappa shape index (κ1) is 17.4. The van der Waals surface area contributed by atoms with Crippen LogP contribution in [0.4, 0.5) is 4.39 Å². The molecule has 0 amide bonds. The zero-order chi connectivity index (χ0) is 15.2. The quantitative estimate of drug-likeness (QED) is 0.726. The Bertz CT molecular complexity index is 430. The lowest BCUT2D eigenvalue weighted by Gasteiger charge is -2.31. The Hall–Kier alpha value is -0.620. The molecule has 0 aliphatic carbocycles. The van der Waals surface area contributed by atoms with Gasteiger partial charge in [-0.15, -0.1) is 4.72 Å². The van der Waals surface area contributed by atoms with Crippen LogP contribution in [0.3, 0.4) is 0 Å². The average molecular weight is 301 g/mol. The second-order valence-corrected chi connectivity index (χ2v) is 6.55. The molecule has 0 radical (unpaired) electrons. The monoisotopic (exact) mass is 301 g/mol. The molecule has 0 saturated carbocycles. The minimum atomic E-state index is -1.23. The molecule has 2 N–H and O–H groups in total. The lowest BCUT2D eigenvalue weighted by Crippen LogP contribution is -2.45. The number of hydrogen-bond acceptors (Lipinski definition) is 3. The first-order valence-electron chi connectivity index (χ1n) is 6.97. The fraction of sp³-hybridized carbons (Fsp3) is 0.600. The van der Waals surface area contributed by atoms with Crippen LogP contribution in [0.5, 0.6) is 0 Å². The molecule has 5 heteroatoms. The van der Waals surface area contributed by atoms with Gasteiger partial charge < -0.3 is 9.66 Å². The van der Waals surface area contributed by atoms with Crippen LogP contribution in [0.15, 0.2) is 18.2 Å². The lowest BCUT2D eigenvalue weighted by molar-refractivity contribution is 0.234. The molecule has 1 aromatic rings. The minimum absolute atomic E-state index is 0.0954. The van der Waals surface area contributed by atoms with Gasteiger partial charge in [0.05, 0.1) is 5.54 Å². The molecule has 2 atom stereocenters. The van der Waals surface area contributed by atoms with Gasteiger partial charge in [0.15, 0.2) is 0 Å². The number of hydrogen-bond donors (Lipinski definition) is 2. The summed E-state index contributed by atoms with van der Waals surface area (Å²) < 4.78 is 29.3. The van der Waals surface area contributed by atoms with E-state index in [1.807, 2.05) is 6.92 Å². The van der Waals surface area contributed by atoms with E-state index in [4.69, 9.17) is 0 Å². The van der Waals surface area contributed by atoms with Crippen LogP contribution in [0.1, 0.15) is 44.2 Å². The molecule has 0 bridgehead atoms. The van der Waals surface area contributed by atoms with Gasteiger partial charge in [0.1, 0.15) is 11.6 Å². The summed E-state index contributed by atoms with van der Waals surface area (Å²) in [5.74, 6) is 0.230. The van der Waals surface area contributed by atoms with Crippen LogP contribution < -0.4 is 4.72 Å². The third-order valence-electron chi connectivity index (χ3n) is 3.42. The SMILES string of the molecule is CCCC[S@@+]([O-])N[C@@](C)(CCO)c1cccc(C)c1F. The van der Waals surface area contributed by atoms with Crippen LogP contribution in [0.2, 0.25) is 0 Å². The Morgan fingerprint density at radius 1 is 1.45 bits per heavy atom. The number of rotatable bonds is 8. The number of aryl methyl sites for hydroxylation is 1. The third-order valence-corrected chi connectivity index (χ3v) is 4.76. The van der Waals surface area contributed by atoms with E-state index < -0.39 is 16.9 Å². The highest BCUT2D eigenvalue weighted by Gasteiger charge is 2.34. The minimum Gasteiger partial charge on any atom is -0.598 e. The number of halogens is 1. The highest BCUT2D eigenvalue weighted by atomic mass is 32.2. The molecule has 0 aromatic heterocycles. The van der Waals surface area contributed by atoms with Crippen LogP contribution in [-0.2, 0) is 16.9 Å². The van der Waals surface area contributed by atoms with Gasteiger partial charge in [-0.1, -0.05) is 31.5 Å². The van der Waals surface area contributed by atoms with Crippen molar-refractivity contribution in [3.63, 3.8) is 0 Å². The van der Waals surface area contributed by atoms with E-state index in [1.54, 1.807) is 32.0 Å². The molecular formula is C15H24FNO2S. The maximum Gasteiger partial charge on any atom is 0.131 e. The summed E-state index contributed by atoms with van der Waals surface area (Å²) >= 11 is -1.23. The van der Waals surface area contributed by atoms with Gasteiger partial charge in [-0.3, -0.25) is 0 Å². The summed E-state index contributed by atoms with van der Waals surface area (Å²) in [6.45, 7) is 5.42. The van der Waals surface area contributed by atoms with Crippen molar-refractivity contribution in [2.75, 3.05) is 12.4 Å². The maximum atomic E-state index is 14.3. The molecule has 0 spiro atoms. The van der Waals surface area contributed by atoms with Gasteiger partial charge in [-0.05, 0) is 32.3 Å². The van der Waals surface area contributed by atoms with Crippen LogP contribution in [0, 0.1) is 12.7 Å². The second-order valence-electron chi connectivity index (χ2n) is 5.25. The van der Waals surface area contributed by atoms with E-state index in [9.17, 15) is 14.0 Å². The molecule has 0 unspecified atom stereocenters. The number of benzene rings is 1. The summed E-state index contributed by atoms with van der Waals surface area (Å²) in [7, 11) is 0. The molecule has 0 saturated heterocycles. The zero-order valence-electron chi connectivity index (χ0n) is 12.4. The molecule has 0 aliphatic rings. The van der Waals surface area contributed by atoms with Gasteiger partial charge in [-0.25, -0.2) is 4.39 Å². The van der Waals surface area contributed by atoms with Gasteiger partial charge >= 0.3 is 0 Å². The molecule has 1 rings (SSSR count). The standard InChI is InChI=1S/C15H24FNO2S/c1-4-5-11-20(19)17-15(3,9-10-18)13-8-6-7-12(2)14(13)16/h6-8,17-18H,4-5,9-11H2,1-3H3/t15-,20+/m0/s1. The maximum absolute atomic E-state index is 14.3. The predicted octanol–water partition coefficient (Wildman–Crippen LogP) is 2.79. The second kappa shape index (κ2) is 7.98. The van der Waals surface area contributed by atoms with Crippen molar-refractivity contribution in [1.82, 2.24) is 4.72 Å². The lowest BCUT2D eigenvalue weighted by atomic mass is 9.88. The van der Waals surface area contributed by atoms with Gasteiger partial charge in [0.25, 0.3) is 0 Å². The van der Waals surface area contributed by atoms with Crippen molar-refractivity contribution in [2.24, 2.45) is 0 Å². The fourth-order valence-corrected chi connectivity index (χ4v) is 3.48. The first-order chi connectivity index (χ1) is 9.44. The topological polar surface area (TPSA) is 55.3 Å². The Balaban J connectivity index is 2.98. The molecule has 20 heavy (non-hydrogen) atoms.